The molecule has 0 saturated heterocycles. The van der Waals surface area contributed by atoms with E-state index >= 15 is 0 Å². The summed E-state index contributed by atoms with van der Waals surface area (Å²) in [5, 5.41) is 3.48. The van der Waals surface area contributed by atoms with Crippen molar-refractivity contribution in [2.45, 2.75) is 51.0 Å². The molecular weight excluding hydrogens is 302 g/mol. The summed E-state index contributed by atoms with van der Waals surface area (Å²) in [7, 11) is 2.06. The Balaban J connectivity index is 1.70. The molecule has 1 N–H and O–H groups in total. The average molecular weight is 326 g/mol. The third kappa shape index (κ3) is 2.92. The molecule has 2 fully saturated rings. The van der Waals surface area contributed by atoms with E-state index in [9.17, 15) is 0 Å². The van der Waals surface area contributed by atoms with E-state index in [0.717, 1.165) is 28.2 Å². The molecule has 3 heteroatoms. The minimum absolute atomic E-state index is 0.383. The molecule has 4 unspecified atom stereocenters. The van der Waals surface area contributed by atoms with E-state index < -0.39 is 0 Å². The molecule has 2 aliphatic rings. The summed E-state index contributed by atoms with van der Waals surface area (Å²) < 4.78 is 6.62. The second-order valence-electron chi connectivity index (χ2n) is 6.29. The van der Waals surface area contributed by atoms with Gasteiger partial charge in [-0.15, -0.1) is 0 Å². The molecule has 0 spiro atoms. The minimum atomic E-state index is 0.383. The summed E-state index contributed by atoms with van der Waals surface area (Å²) in [5.74, 6) is 3.82. The minimum Gasteiger partial charge on any atom is -0.453 e. The summed E-state index contributed by atoms with van der Waals surface area (Å²) in [6.45, 7) is 0. The summed E-state index contributed by atoms with van der Waals surface area (Å²) in [4.78, 5) is 0. The van der Waals surface area contributed by atoms with Crippen LogP contribution in [0.1, 0.15) is 56.7 Å². The van der Waals surface area contributed by atoms with Crippen molar-refractivity contribution in [1.82, 2.24) is 5.32 Å². The number of hydrogen-bond acceptors (Lipinski definition) is 2. The molecule has 0 bridgehead atoms. The summed E-state index contributed by atoms with van der Waals surface area (Å²) in [6.07, 6.45) is 10.0. The molecule has 0 aliphatic heterocycles. The molecule has 3 rings (SSSR count). The van der Waals surface area contributed by atoms with E-state index in [1.807, 2.05) is 6.07 Å². The number of furan rings is 1. The maximum atomic E-state index is 5.78. The predicted molar refractivity (Wildman–Crippen MR) is 81.0 cm³/mol. The van der Waals surface area contributed by atoms with Gasteiger partial charge < -0.3 is 9.73 Å². The first kappa shape index (κ1) is 13.7. The van der Waals surface area contributed by atoms with Crippen molar-refractivity contribution < 1.29 is 4.42 Å². The fraction of sp³-hybridized carbons (Fsp3) is 0.750. The van der Waals surface area contributed by atoms with Gasteiger partial charge in [-0.1, -0.05) is 25.7 Å². The molecule has 4 atom stereocenters. The molecule has 1 heterocycles. The SMILES string of the molecule is CNC(c1ccc(Br)o1)C1CCC2CCCCC2C1. The third-order valence-corrected chi connectivity index (χ3v) is 5.69. The zero-order chi connectivity index (χ0) is 13.2. The predicted octanol–water partition coefficient (Wildman–Crippen LogP) is 4.91. The van der Waals surface area contributed by atoms with Crippen LogP contribution in [0.15, 0.2) is 21.2 Å². The van der Waals surface area contributed by atoms with E-state index in [2.05, 4.69) is 34.4 Å². The first-order valence-electron chi connectivity index (χ1n) is 7.70. The highest BCUT2D eigenvalue weighted by Gasteiger charge is 2.36. The molecule has 1 aromatic heterocycles. The van der Waals surface area contributed by atoms with Crippen LogP contribution in [0.5, 0.6) is 0 Å². The Morgan fingerprint density at radius 3 is 2.63 bits per heavy atom. The highest BCUT2D eigenvalue weighted by Crippen LogP contribution is 2.46. The van der Waals surface area contributed by atoms with Gasteiger partial charge in [-0.3, -0.25) is 0 Å². The fourth-order valence-electron chi connectivity index (χ4n) is 4.32. The number of hydrogen-bond donors (Lipinski definition) is 1. The molecule has 2 nitrogen and oxygen atoms in total. The largest absolute Gasteiger partial charge is 0.453 e. The second kappa shape index (κ2) is 6.01. The van der Waals surface area contributed by atoms with E-state index in [1.165, 1.54) is 44.9 Å². The lowest BCUT2D eigenvalue weighted by Crippen LogP contribution is -2.34. The van der Waals surface area contributed by atoms with Crippen LogP contribution in [0.4, 0.5) is 0 Å². The van der Waals surface area contributed by atoms with Gasteiger partial charge in [0.2, 0.25) is 0 Å². The first-order chi connectivity index (χ1) is 9.28. The molecule has 0 radical (unpaired) electrons. The Labute approximate surface area is 124 Å². The van der Waals surface area contributed by atoms with Crippen LogP contribution >= 0.6 is 15.9 Å². The lowest BCUT2D eigenvalue weighted by molar-refractivity contribution is 0.106. The second-order valence-corrected chi connectivity index (χ2v) is 7.07. The van der Waals surface area contributed by atoms with Gasteiger partial charge in [-0.25, -0.2) is 0 Å². The Hall–Kier alpha value is -0.280. The van der Waals surface area contributed by atoms with Gasteiger partial charge in [-0.05, 0) is 72.1 Å². The smallest absolute Gasteiger partial charge is 0.169 e. The van der Waals surface area contributed by atoms with Crippen LogP contribution < -0.4 is 5.32 Å². The van der Waals surface area contributed by atoms with Crippen molar-refractivity contribution in [3.05, 3.63) is 22.6 Å². The van der Waals surface area contributed by atoms with E-state index in [0.29, 0.717) is 6.04 Å². The fourth-order valence-corrected chi connectivity index (χ4v) is 4.64. The third-order valence-electron chi connectivity index (χ3n) is 5.26. The van der Waals surface area contributed by atoms with Gasteiger partial charge in [0, 0.05) is 0 Å². The van der Waals surface area contributed by atoms with Gasteiger partial charge in [-0.2, -0.15) is 0 Å². The number of rotatable bonds is 3. The van der Waals surface area contributed by atoms with E-state index in [4.69, 9.17) is 4.42 Å². The zero-order valence-corrected chi connectivity index (χ0v) is 13.3. The van der Waals surface area contributed by atoms with Crippen molar-refractivity contribution >= 4 is 15.9 Å². The van der Waals surface area contributed by atoms with Crippen LogP contribution in [0.25, 0.3) is 0 Å². The van der Waals surface area contributed by atoms with Crippen LogP contribution in [0, 0.1) is 17.8 Å². The van der Waals surface area contributed by atoms with Crippen molar-refractivity contribution in [1.29, 1.82) is 0 Å². The average Bonchev–Trinajstić information content (AvgIpc) is 2.86. The van der Waals surface area contributed by atoms with Gasteiger partial charge in [0.05, 0.1) is 6.04 Å². The van der Waals surface area contributed by atoms with Gasteiger partial charge in [0.1, 0.15) is 5.76 Å². The maximum Gasteiger partial charge on any atom is 0.169 e. The molecule has 106 valence electrons. The maximum absolute atomic E-state index is 5.78. The molecule has 0 amide bonds. The molecular formula is C16H24BrNO. The molecule has 2 saturated carbocycles. The Morgan fingerprint density at radius 2 is 1.95 bits per heavy atom. The zero-order valence-electron chi connectivity index (χ0n) is 11.7. The highest BCUT2D eigenvalue weighted by atomic mass is 79.9. The van der Waals surface area contributed by atoms with Crippen LogP contribution in [0.3, 0.4) is 0 Å². The number of nitrogens with one attached hydrogen (secondary N) is 1. The number of halogens is 1. The van der Waals surface area contributed by atoms with Gasteiger partial charge in [0.25, 0.3) is 0 Å². The molecule has 0 aromatic carbocycles. The Morgan fingerprint density at radius 1 is 1.16 bits per heavy atom. The van der Waals surface area contributed by atoms with Crippen LogP contribution in [-0.4, -0.2) is 7.05 Å². The van der Waals surface area contributed by atoms with Crippen molar-refractivity contribution in [2.75, 3.05) is 7.05 Å². The standard InChI is InChI=1S/C16H24BrNO/c1-18-16(14-8-9-15(17)19-14)13-7-6-11-4-2-3-5-12(11)10-13/h8-9,11-13,16,18H,2-7,10H2,1H3. The molecule has 19 heavy (non-hydrogen) atoms. The highest BCUT2D eigenvalue weighted by molar-refractivity contribution is 9.10. The molecule has 2 aliphatic carbocycles. The number of fused-ring (bicyclic) bond motifs is 1. The summed E-state index contributed by atoms with van der Waals surface area (Å²) in [5.41, 5.74) is 0. The van der Waals surface area contributed by atoms with E-state index in [1.54, 1.807) is 0 Å². The normalized spacial score (nSPS) is 32.8. The van der Waals surface area contributed by atoms with Crippen molar-refractivity contribution in [3.8, 4) is 0 Å². The van der Waals surface area contributed by atoms with Crippen LogP contribution in [-0.2, 0) is 0 Å². The lowest BCUT2D eigenvalue weighted by Gasteiger charge is -2.41. The van der Waals surface area contributed by atoms with Crippen LogP contribution in [0.2, 0.25) is 0 Å². The van der Waals surface area contributed by atoms with E-state index in [-0.39, 0.29) is 0 Å². The monoisotopic (exact) mass is 325 g/mol. The lowest BCUT2D eigenvalue weighted by atomic mass is 9.66. The van der Waals surface area contributed by atoms with Gasteiger partial charge >= 0.3 is 0 Å². The quantitative estimate of drug-likeness (QED) is 0.854. The topological polar surface area (TPSA) is 25.2 Å². The Kier molecular flexibility index (Phi) is 4.33. The van der Waals surface area contributed by atoms with Gasteiger partial charge in [0.15, 0.2) is 4.67 Å². The molecule has 1 aromatic rings. The Bertz CT molecular complexity index is 417. The summed E-state index contributed by atoms with van der Waals surface area (Å²) >= 11 is 3.41. The van der Waals surface area contributed by atoms with Crippen molar-refractivity contribution in [3.63, 3.8) is 0 Å². The first-order valence-corrected chi connectivity index (χ1v) is 8.49. The van der Waals surface area contributed by atoms with Crippen molar-refractivity contribution in [2.24, 2.45) is 17.8 Å². The summed E-state index contributed by atoms with van der Waals surface area (Å²) in [6, 6.07) is 4.50.